The van der Waals surface area contributed by atoms with Gasteiger partial charge in [0.15, 0.2) is 0 Å². The van der Waals surface area contributed by atoms with Gasteiger partial charge >= 0.3 is 0 Å². The van der Waals surface area contributed by atoms with Gasteiger partial charge in [-0.1, -0.05) is 41.5 Å². The first kappa shape index (κ1) is 13.6. The lowest BCUT2D eigenvalue weighted by molar-refractivity contribution is 0.468. The van der Waals surface area contributed by atoms with E-state index in [0.717, 1.165) is 0 Å². The van der Waals surface area contributed by atoms with Gasteiger partial charge in [0.1, 0.15) is 0 Å². The summed E-state index contributed by atoms with van der Waals surface area (Å²) in [4.78, 5) is 0. The van der Waals surface area contributed by atoms with Gasteiger partial charge in [-0.05, 0) is 31.1 Å². The summed E-state index contributed by atoms with van der Waals surface area (Å²) in [5.74, 6) is 2.46. The molecule has 0 spiro atoms. The molecule has 11 heavy (non-hydrogen) atoms. The molecular formula is C11H26. The van der Waals surface area contributed by atoms with Crippen molar-refractivity contribution in [2.75, 3.05) is 0 Å². The Bertz CT molecular complexity index is 45.1. The monoisotopic (exact) mass is 158 g/mol. The molecule has 2 saturated carbocycles. The summed E-state index contributed by atoms with van der Waals surface area (Å²) in [6.45, 7) is 12.0. The minimum atomic E-state index is 1.23. The van der Waals surface area contributed by atoms with Gasteiger partial charge in [-0.2, -0.15) is 0 Å². The van der Waals surface area contributed by atoms with E-state index in [1.165, 1.54) is 11.8 Å². The average Bonchev–Trinajstić information content (AvgIpc) is 2.70. The predicted octanol–water partition coefficient (Wildman–Crippen LogP) is 4.49. The normalized spacial score (nSPS) is 27.8. The molecule has 0 radical (unpaired) electrons. The van der Waals surface area contributed by atoms with E-state index in [-0.39, 0.29) is 0 Å². The first-order chi connectivity index (χ1) is 5.47. The summed E-state index contributed by atoms with van der Waals surface area (Å²) in [6, 6.07) is 0. The van der Waals surface area contributed by atoms with Crippen molar-refractivity contribution in [3.8, 4) is 0 Å². The highest BCUT2D eigenvalue weighted by molar-refractivity contribution is 4.95. The Morgan fingerprint density at radius 2 is 0.909 bits per heavy atom. The lowest BCUT2D eigenvalue weighted by Crippen LogP contribution is -1.93. The molecule has 0 amide bonds. The summed E-state index contributed by atoms with van der Waals surface area (Å²) in [5.41, 5.74) is 0. The van der Waals surface area contributed by atoms with E-state index < -0.39 is 0 Å². The van der Waals surface area contributed by atoms with Crippen molar-refractivity contribution in [3.63, 3.8) is 0 Å². The van der Waals surface area contributed by atoms with Gasteiger partial charge < -0.3 is 0 Å². The van der Waals surface area contributed by atoms with Crippen LogP contribution in [-0.2, 0) is 0 Å². The molecule has 0 aliphatic heterocycles. The van der Waals surface area contributed by atoms with Crippen LogP contribution in [0.25, 0.3) is 0 Å². The van der Waals surface area contributed by atoms with Crippen LogP contribution in [0.1, 0.15) is 60.8 Å². The molecule has 2 aliphatic rings. The molecule has 2 fully saturated rings. The molecule has 0 aromatic heterocycles. The molecule has 2 atom stereocenters. The highest BCUT2D eigenvalue weighted by Gasteiger charge is 2.44. The Hall–Kier alpha value is 0. The molecule has 0 bridgehead atoms. The van der Waals surface area contributed by atoms with Gasteiger partial charge in [0.25, 0.3) is 0 Å². The molecule has 0 heteroatoms. The van der Waals surface area contributed by atoms with Crippen molar-refractivity contribution < 1.29 is 0 Å². The fourth-order valence-corrected chi connectivity index (χ4v) is 1.18. The zero-order chi connectivity index (χ0) is 9.28. The van der Waals surface area contributed by atoms with Crippen molar-refractivity contribution in [1.82, 2.24) is 0 Å². The average molecular weight is 158 g/mol. The van der Waals surface area contributed by atoms with E-state index in [0.29, 0.717) is 0 Å². The highest BCUT2D eigenvalue weighted by Crippen LogP contribution is 2.55. The summed E-state index contributed by atoms with van der Waals surface area (Å²) < 4.78 is 0. The molecule has 2 aliphatic carbocycles. The lowest BCUT2D eigenvalue weighted by Gasteiger charge is -2.04. The molecule has 0 aromatic carbocycles. The summed E-state index contributed by atoms with van der Waals surface area (Å²) in [6.07, 6.45) is 4.70. The molecule has 0 aromatic rings. The van der Waals surface area contributed by atoms with Crippen LogP contribution in [0, 0.1) is 11.8 Å². The Labute approximate surface area is 73.4 Å². The summed E-state index contributed by atoms with van der Waals surface area (Å²) >= 11 is 0. The lowest BCUT2D eigenvalue weighted by atomic mass is 10.0. The van der Waals surface area contributed by atoms with Crippen molar-refractivity contribution >= 4 is 0 Å². The van der Waals surface area contributed by atoms with Crippen LogP contribution in [0.2, 0.25) is 0 Å². The Kier molecular flexibility index (Phi) is 12.3. The van der Waals surface area contributed by atoms with E-state index in [1.54, 1.807) is 19.3 Å². The third-order valence-electron chi connectivity index (χ3n) is 1.98. The molecule has 0 heterocycles. The summed E-state index contributed by atoms with van der Waals surface area (Å²) in [7, 11) is 0. The Balaban J connectivity index is 0. The number of rotatable bonds is 0. The smallest absolute Gasteiger partial charge is 0.0383 e. The minimum Gasteiger partial charge on any atom is -0.0683 e. The molecule has 0 saturated heterocycles. The molecule has 2 unspecified atom stereocenters. The zero-order valence-corrected chi connectivity index (χ0v) is 9.28. The van der Waals surface area contributed by atoms with Gasteiger partial charge in [-0.25, -0.2) is 0 Å². The largest absolute Gasteiger partial charge is 0.0683 e. The fourth-order valence-electron chi connectivity index (χ4n) is 1.18. The van der Waals surface area contributed by atoms with Crippen LogP contribution >= 0.6 is 0 Å². The third-order valence-corrected chi connectivity index (χ3v) is 1.98. The maximum absolute atomic E-state index is 2.00. The first-order valence-electron chi connectivity index (χ1n) is 5.47. The van der Waals surface area contributed by atoms with Gasteiger partial charge in [-0.15, -0.1) is 0 Å². The van der Waals surface area contributed by atoms with Gasteiger partial charge in [0.2, 0.25) is 0 Å². The van der Waals surface area contributed by atoms with Crippen molar-refractivity contribution in [3.05, 3.63) is 0 Å². The maximum Gasteiger partial charge on any atom is -0.0383 e. The van der Waals surface area contributed by atoms with Gasteiger partial charge in [-0.3, -0.25) is 0 Å². The SMILES string of the molecule is C1CC2CC12.CC.CC.CC. The highest BCUT2D eigenvalue weighted by atomic mass is 14.5. The van der Waals surface area contributed by atoms with E-state index in [1.807, 2.05) is 41.5 Å². The Morgan fingerprint density at radius 1 is 0.636 bits per heavy atom. The first-order valence-corrected chi connectivity index (χ1v) is 5.47. The topological polar surface area (TPSA) is 0 Å². The number of hydrogen-bond acceptors (Lipinski definition) is 0. The van der Waals surface area contributed by atoms with Gasteiger partial charge in [0.05, 0.1) is 0 Å². The van der Waals surface area contributed by atoms with Crippen molar-refractivity contribution in [1.29, 1.82) is 0 Å². The summed E-state index contributed by atoms with van der Waals surface area (Å²) in [5, 5.41) is 0. The minimum absolute atomic E-state index is 1.23. The number of fused-ring (bicyclic) bond motifs is 1. The predicted molar refractivity (Wildman–Crippen MR) is 54.9 cm³/mol. The molecule has 0 nitrogen and oxygen atoms in total. The molecular weight excluding hydrogens is 132 g/mol. The van der Waals surface area contributed by atoms with Crippen LogP contribution in [0.5, 0.6) is 0 Å². The van der Waals surface area contributed by atoms with E-state index in [4.69, 9.17) is 0 Å². The second-order valence-electron chi connectivity index (χ2n) is 2.33. The molecule has 70 valence electrons. The van der Waals surface area contributed by atoms with Crippen LogP contribution in [0.15, 0.2) is 0 Å². The standard InChI is InChI=1S/C5H8.3C2H6/c1-2-5-3-4(1)5;3*1-2/h4-5H,1-3H2;3*1-2H3. The van der Waals surface area contributed by atoms with E-state index in [2.05, 4.69) is 0 Å². The van der Waals surface area contributed by atoms with Crippen LogP contribution in [0.3, 0.4) is 0 Å². The van der Waals surface area contributed by atoms with E-state index in [9.17, 15) is 0 Å². The molecule has 2 rings (SSSR count). The number of hydrogen-bond donors (Lipinski definition) is 0. The van der Waals surface area contributed by atoms with Crippen LogP contribution in [-0.4, -0.2) is 0 Å². The Morgan fingerprint density at radius 3 is 0.909 bits per heavy atom. The van der Waals surface area contributed by atoms with Gasteiger partial charge in [0, 0.05) is 0 Å². The maximum atomic E-state index is 2.00. The van der Waals surface area contributed by atoms with Crippen molar-refractivity contribution in [2.24, 2.45) is 11.8 Å². The quantitative estimate of drug-likeness (QED) is 0.487. The zero-order valence-electron chi connectivity index (χ0n) is 9.28. The second-order valence-corrected chi connectivity index (χ2v) is 2.33. The molecule has 0 N–H and O–H groups in total. The van der Waals surface area contributed by atoms with Crippen molar-refractivity contribution in [2.45, 2.75) is 60.8 Å². The second kappa shape index (κ2) is 10.0. The van der Waals surface area contributed by atoms with Crippen LogP contribution in [0.4, 0.5) is 0 Å². The third kappa shape index (κ3) is 5.29. The van der Waals surface area contributed by atoms with Crippen LogP contribution < -0.4 is 0 Å². The fraction of sp³-hybridized carbons (Fsp3) is 1.00. The van der Waals surface area contributed by atoms with E-state index >= 15 is 0 Å².